The minimum atomic E-state index is -0.928. The Hall–Kier alpha value is -1.34. The van der Waals surface area contributed by atoms with Crippen molar-refractivity contribution in [3.63, 3.8) is 0 Å². The molecule has 120 valence electrons. The van der Waals surface area contributed by atoms with Crippen molar-refractivity contribution in [1.29, 1.82) is 0 Å². The number of nitrogens with zero attached hydrogens (tertiary/aromatic N) is 2. The van der Waals surface area contributed by atoms with Gasteiger partial charge >= 0.3 is 12.0 Å². The number of carbonyl (C=O) groups excluding carboxylic acids is 1. The highest BCUT2D eigenvalue weighted by atomic mass is 16.5. The van der Waals surface area contributed by atoms with E-state index in [1.807, 2.05) is 0 Å². The van der Waals surface area contributed by atoms with Gasteiger partial charge in [0.05, 0.1) is 19.3 Å². The van der Waals surface area contributed by atoms with E-state index in [1.165, 1.54) is 4.90 Å². The number of ether oxygens (including phenoxy) is 1. The van der Waals surface area contributed by atoms with Crippen LogP contribution >= 0.6 is 0 Å². The zero-order valence-corrected chi connectivity index (χ0v) is 12.4. The van der Waals surface area contributed by atoms with Crippen LogP contribution in [0.5, 0.6) is 0 Å². The number of carboxylic acids is 1. The second-order valence-electron chi connectivity index (χ2n) is 5.80. The summed E-state index contributed by atoms with van der Waals surface area (Å²) in [6.07, 6.45) is 3.62. The van der Waals surface area contributed by atoms with Gasteiger partial charge in [-0.25, -0.2) is 4.79 Å². The number of rotatable bonds is 6. The first-order valence-electron chi connectivity index (χ1n) is 7.51. The topological polar surface area (TPSA) is 90.3 Å². The van der Waals surface area contributed by atoms with Crippen LogP contribution in [0.25, 0.3) is 0 Å². The molecular formula is C14H24N2O5. The molecule has 1 heterocycles. The van der Waals surface area contributed by atoms with Crippen molar-refractivity contribution in [1.82, 2.24) is 9.80 Å². The molecule has 21 heavy (non-hydrogen) atoms. The van der Waals surface area contributed by atoms with E-state index in [2.05, 4.69) is 0 Å². The molecule has 0 aromatic rings. The average Bonchev–Trinajstić information content (AvgIpc) is 2.89. The lowest BCUT2D eigenvalue weighted by molar-refractivity contribution is -0.142. The Balaban J connectivity index is 2.02. The molecule has 2 aliphatic rings. The van der Waals surface area contributed by atoms with Crippen LogP contribution in [0.4, 0.5) is 4.79 Å². The normalized spacial score (nSPS) is 25.4. The van der Waals surface area contributed by atoms with Gasteiger partial charge in [-0.05, 0) is 25.7 Å². The third kappa shape index (κ3) is 3.47. The van der Waals surface area contributed by atoms with Crippen LogP contribution in [0.3, 0.4) is 0 Å². The molecule has 2 unspecified atom stereocenters. The van der Waals surface area contributed by atoms with Crippen molar-refractivity contribution >= 4 is 12.0 Å². The molecule has 7 heteroatoms. The Bertz CT molecular complexity index is 386. The second kappa shape index (κ2) is 7.09. The van der Waals surface area contributed by atoms with E-state index in [9.17, 15) is 14.7 Å². The van der Waals surface area contributed by atoms with Gasteiger partial charge in [0.1, 0.15) is 5.92 Å². The fourth-order valence-electron chi connectivity index (χ4n) is 2.88. The number of urea groups is 1. The largest absolute Gasteiger partial charge is 0.481 e. The Labute approximate surface area is 124 Å². The summed E-state index contributed by atoms with van der Waals surface area (Å²) >= 11 is 0. The Kier molecular flexibility index (Phi) is 5.41. The summed E-state index contributed by atoms with van der Waals surface area (Å²) in [5.41, 5.74) is 0. The van der Waals surface area contributed by atoms with Crippen molar-refractivity contribution in [3.05, 3.63) is 0 Å². The molecule has 2 N–H and O–H groups in total. The molecule has 7 nitrogen and oxygen atoms in total. The SMILES string of the molecule is CN(C(=O)N(CCCO)C1CCC1)C1COCC1C(=O)O. The molecule has 1 saturated heterocycles. The number of likely N-dealkylation sites (N-methyl/N-ethyl adjacent to an activating group) is 1. The predicted octanol–water partition coefficient (Wildman–Crippen LogP) is 0.375. The molecule has 1 saturated carbocycles. The highest BCUT2D eigenvalue weighted by Crippen LogP contribution is 2.27. The number of amides is 2. The molecule has 0 aromatic heterocycles. The first-order valence-corrected chi connectivity index (χ1v) is 7.51. The fourth-order valence-corrected chi connectivity index (χ4v) is 2.88. The molecule has 1 aliphatic carbocycles. The van der Waals surface area contributed by atoms with Crippen LogP contribution in [0.2, 0.25) is 0 Å². The van der Waals surface area contributed by atoms with Crippen LogP contribution < -0.4 is 0 Å². The van der Waals surface area contributed by atoms with E-state index in [-0.39, 0.29) is 31.9 Å². The van der Waals surface area contributed by atoms with Crippen molar-refractivity contribution in [3.8, 4) is 0 Å². The van der Waals surface area contributed by atoms with E-state index in [1.54, 1.807) is 11.9 Å². The summed E-state index contributed by atoms with van der Waals surface area (Å²) in [7, 11) is 1.64. The standard InChI is InChI=1S/C14H24N2O5/c1-15(12-9-21-8-11(12)13(18)19)14(20)16(6-3-7-17)10-4-2-5-10/h10-12,17H,2-9H2,1H3,(H,18,19). The van der Waals surface area contributed by atoms with E-state index in [0.717, 1.165) is 19.3 Å². The lowest BCUT2D eigenvalue weighted by Crippen LogP contribution is -2.54. The van der Waals surface area contributed by atoms with Gasteiger partial charge in [-0.2, -0.15) is 0 Å². The minimum absolute atomic E-state index is 0.0461. The summed E-state index contributed by atoms with van der Waals surface area (Å²) in [6, 6.07) is -0.362. The highest BCUT2D eigenvalue weighted by molar-refractivity contribution is 5.77. The summed E-state index contributed by atoms with van der Waals surface area (Å²) < 4.78 is 5.23. The number of hydrogen-bond acceptors (Lipinski definition) is 4. The van der Waals surface area contributed by atoms with Crippen LogP contribution in [0, 0.1) is 5.92 Å². The molecule has 2 atom stereocenters. The smallest absolute Gasteiger partial charge is 0.320 e. The van der Waals surface area contributed by atoms with Crippen molar-refractivity contribution in [2.24, 2.45) is 5.92 Å². The Morgan fingerprint density at radius 1 is 1.29 bits per heavy atom. The minimum Gasteiger partial charge on any atom is -0.481 e. The van der Waals surface area contributed by atoms with E-state index >= 15 is 0 Å². The molecule has 0 bridgehead atoms. The summed E-state index contributed by atoms with van der Waals surface area (Å²) in [5.74, 6) is -1.59. The maximum absolute atomic E-state index is 12.7. The number of carbonyl (C=O) groups is 2. The number of aliphatic hydroxyl groups excluding tert-OH is 1. The maximum atomic E-state index is 12.7. The van der Waals surface area contributed by atoms with Gasteiger partial charge in [-0.15, -0.1) is 0 Å². The third-order valence-corrected chi connectivity index (χ3v) is 4.49. The van der Waals surface area contributed by atoms with Crippen LogP contribution in [0.1, 0.15) is 25.7 Å². The fraction of sp³-hybridized carbons (Fsp3) is 0.857. The van der Waals surface area contributed by atoms with Gasteiger partial charge in [-0.1, -0.05) is 0 Å². The molecule has 0 radical (unpaired) electrons. The molecule has 0 aromatic carbocycles. The zero-order valence-electron chi connectivity index (χ0n) is 12.4. The molecule has 2 rings (SSSR count). The van der Waals surface area contributed by atoms with Crippen LogP contribution in [-0.2, 0) is 9.53 Å². The first-order chi connectivity index (χ1) is 10.1. The molecule has 2 amide bonds. The van der Waals surface area contributed by atoms with Crippen LogP contribution in [0.15, 0.2) is 0 Å². The second-order valence-corrected chi connectivity index (χ2v) is 5.80. The van der Waals surface area contributed by atoms with Crippen molar-refractivity contribution in [2.75, 3.05) is 33.4 Å². The van der Waals surface area contributed by atoms with E-state index in [0.29, 0.717) is 13.0 Å². The van der Waals surface area contributed by atoms with Gasteiger partial charge in [-0.3, -0.25) is 4.79 Å². The molecule has 0 spiro atoms. The Morgan fingerprint density at radius 2 is 2.00 bits per heavy atom. The van der Waals surface area contributed by atoms with Gasteiger partial charge in [0.15, 0.2) is 0 Å². The first kappa shape index (κ1) is 16.0. The number of aliphatic carboxylic acids is 1. The third-order valence-electron chi connectivity index (χ3n) is 4.49. The zero-order chi connectivity index (χ0) is 15.4. The average molecular weight is 300 g/mol. The van der Waals surface area contributed by atoms with Gasteiger partial charge < -0.3 is 24.7 Å². The van der Waals surface area contributed by atoms with E-state index < -0.39 is 17.9 Å². The summed E-state index contributed by atoms with van der Waals surface area (Å²) in [5, 5.41) is 18.2. The number of carboxylic acid groups (broad SMARTS) is 1. The molecule has 2 fully saturated rings. The summed E-state index contributed by atoms with van der Waals surface area (Å²) in [4.78, 5) is 27.2. The molecular weight excluding hydrogens is 276 g/mol. The van der Waals surface area contributed by atoms with Crippen LogP contribution in [-0.4, -0.2) is 77.5 Å². The number of hydrogen-bond donors (Lipinski definition) is 2. The van der Waals surface area contributed by atoms with E-state index in [4.69, 9.17) is 9.84 Å². The summed E-state index contributed by atoms with van der Waals surface area (Å²) in [6.45, 7) is 0.968. The maximum Gasteiger partial charge on any atom is 0.320 e. The van der Waals surface area contributed by atoms with Crippen molar-refractivity contribution < 1.29 is 24.5 Å². The monoisotopic (exact) mass is 300 g/mol. The van der Waals surface area contributed by atoms with Crippen molar-refractivity contribution in [2.45, 2.75) is 37.8 Å². The predicted molar refractivity (Wildman–Crippen MR) is 74.9 cm³/mol. The lowest BCUT2D eigenvalue weighted by Gasteiger charge is -2.41. The van der Waals surface area contributed by atoms with Gasteiger partial charge in [0.25, 0.3) is 0 Å². The number of aliphatic hydroxyl groups is 1. The van der Waals surface area contributed by atoms with Gasteiger partial charge in [0, 0.05) is 26.2 Å². The highest BCUT2D eigenvalue weighted by Gasteiger charge is 2.41. The van der Waals surface area contributed by atoms with Gasteiger partial charge in [0.2, 0.25) is 0 Å². The Morgan fingerprint density at radius 3 is 2.52 bits per heavy atom. The quantitative estimate of drug-likeness (QED) is 0.740. The lowest BCUT2D eigenvalue weighted by atomic mass is 9.91. The molecule has 1 aliphatic heterocycles.